The lowest BCUT2D eigenvalue weighted by molar-refractivity contribution is 0.00578. The first-order valence-electron chi connectivity index (χ1n) is 6.00. The third-order valence-corrected chi connectivity index (χ3v) is 3.66. The van der Waals surface area contributed by atoms with Crippen LogP contribution in [-0.4, -0.2) is 18.3 Å². The lowest BCUT2D eigenvalue weighted by Crippen LogP contribution is -2.41. The Hall–Kier alpha value is -0.995. The molecule has 3 nitrogen and oxygen atoms in total. The topological polar surface area (TPSA) is 44.5 Å². The van der Waals surface area contributed by atoms with Crippen molar-refractivity contribution in [2.75, 3.05) is 5.73 Å². The van der Waals surface area contributed by atoms with Crippen molar-refractivity contribution >= 4 is 12.8 Å². The zero-order valence-electron chi connectivity index (χ0n) is 11.0. The van der Waals surface area contributed by atoms with Gasteiger partial charge in [0, 0.05) is 12.0 Å². The van der Waals surface area contributed by atoms with E-state index in [0.29, 0.717) is 0 Å². The average molecular weight is 233 g/mol. The lowest BCUT2D eigenvalue weighted by atomic mass is 9.81. The Morgan fingerprint density at radius 1 is 1.12 bits per heavy atom. The number of hydrogen-bond acceptors (Lipinski definition) is 3. The van der Waals surface area contributed by atoms with Gasteiger partial charge in [-0.15, -0.1) is 0 Å². The molecule has 0 amide bonds. The summed E-state index contributed by atoms with van der Waals surface area (Å²) in [5, 5.41) is 0. The third-order valence-electron chi connectivity index (χ3n) is 3.66. The lowest BCUT2D eigenvalue weighted by Gasteiger charge is -2.32. The first kappa shape index (κ1) is 12.5. The molecule has 0 spiro atoms. The molecule has 0 aliphatic carbocycles. The van der Waals surface area contributed by atoms with Crippen molar-refractivity contribution in [3.8, 4) is 0 Å². The van der Waals surface area contributed by atoms with E-state index >= 15 is 0 Å². The van der Waals surface area contributed by atoms with Gasteiger partial charge in [-0.25, -0.2) is 0 Å². The second-order valence-corrected chi connectivity index (χ2v) is 5.64. The molecule has 2 rings (SSSR count). The van der Waals surface area contributed by atoms with Gasteiger partial charge < -0.3 is 15.0 Å². The summed E-state index contributed by atoms with van der Waals surface area (Å²) in [6.45, 7) is 8.25. The number of nitrogen functional groups attached to an aromatic ring is 1. The maximum absolute atomic E-state index is 5.94. The van der Waals surface area contributed by atoms with Crippen molar-refractivity contribution in [3.05, 3.63) is 29.8 Å². The molecule has 1 aliphatic rings. The van der Waals surface area contributed by atoms with E-state index in [1.807, 2.05) is 24.3 Å². The summed E-state index contributed by atoms with van der Waals surface area (Å²) in [5.41, 5.74) is 7.15. The maximum Gasteiger partial charge on any atom is 0.462 e. The van der Waals surface area contributed by atoms with Gasteiger partial charge in [-0.1, -0.05) is 12.1 Å². The number of rotatable bonds is 2. The largest absolute Gasteiger partial charge is 0.462 e. The number of hydrogen-bond donors (Lipinski definition) is 1. The summed E-state index contributed by atoms with van der Waals surface area (Å²) >= 11 is 0. The van der Waals surface area contributed by atoms with Crippen LogP contribution in [0.1, 0.15) is 33.3 Å². The molecule has 0 aromatic heterocycles. The Bertz CT molecular complexity index is 402. The van der Waals surface area contributed by atoms with Crippen LogP contribution in [0.15, 0.2) is 24.3 Å². The van der Waals surface area contributed by atoms with Gasteiger partial charge in [0.25, 0.3) is 0 Å². The molecule has 1 heterocycles. The summed E-state index contributed by atoms with van der Waals surface area (Å²) < 4.78 is 11.9. The van der Waals surface area contributed by atoms with E-state index in [0.717, 1.165) is 17.6 Å². The quantitative estimate of drug-likeness (QED) is 0.630. The normalized spacial score (nSPS) is 21.8. The Labute approximate surface area is 103 Å². The Morgan fingerprint density at radius 2 is 1.71 bits per heavy atom. The van der Waals surface area contributed by atoms with E-state index < -0.39 is 0 Å². The van der Waals surface area contributed by atoms with Crippen molar-refractivity contribution in [1.82, 2.24) is 0 Å². The summed E-state index contributed by atoms with van der Waals surface area (Å²) in [6, 6.07) is 7.84. The molecule has 92 valence electrons. The van der Waals surface area contributed by atoms with Crippen LogP contribution in [0.2, 0.25) is 0 Å². The highest BCUT2D eigenvalue weighted by Gasteiger charge is 2.50. The van der Waals surface area contributed by atoms with Gasteiger partial charge in [-0.3, -0.25) is 0 Å². The number of nitrogens with two attached hydrogens (primary N) is 1. The first-order valence-corrected chi connectivity index (χ1v) is 6.00. The Kier molecular flexibility index (Phi) is 2.96. The third kappa shape index (κ3) is 2.48. The van der Waals surface area contributed by atoms with Crippen molar-refractivity contribution < 1.29 is 9.31 Å². The fourth-order valence-electron chi connectivity index (χ4n) is 1.96. The fraction of sp³-hybridized carbons (Fsp3) is 0.538. The van der Waals surface area contributed by atoms with Gasteiger partial charge in [0.1, 0.15) is 0 Å². The van der Waals surface area contributed by atoms with E-state index in [1.165, 1.54) is 0 Å². The molecular formula is C13H20BNO2. The minimum atomic E-state index is -0.266. The second-order valence-electron chi connectivity index (χ2n) is 5.64. The molecular weight excluding hydrogens is 213 g/mol. The smallest absolute Gasteiger partial charge is 0.403 e. The van der Waals surface area contributed by atoms with E-state index in [9.17, 15) is 0 Å². The van der Waals surface area contributed by atoms with Gasteiger partial charge >= 0.3 is 7.12 Å². The SMILES string of the molecule is CC1(C)OB(Cc2cccc(N)c2)OC1(C)C. The fourth-order valence-corrected chi connectivity index (χ4v) is 1.96. The van der Waals surface area contributed by atoms with Crippen LogP contribution in [0, 0.1) is 0 Å². The van der Waals surface area contributed by atoms with Gasteiger partial charge in [0.05, 0.1) is 11.2 Å². The monoisotopic (exact) mass is 233 g/mol. The Balaban J connectivity index is 2.08. The van der Waals surface area contributed by atoms with Gasteiger partial charge in [-0.2, -0.15) is 0 Å². The minimum Gasteiger partial charge on any atom is -0.403 e. The zero-order chi connectivity index (χ0) is 12.7. The van der Waals surface area contributed by atoms with Crippen molar-refractivity contribution in [2.45, 2.75) is 45.2 Å². The zero-order valence-corrected chi connectivity index (χ0v) is 11.0. The molecule has 1 aromatic rings. The first-order chi connectivity index (χ1) is 7.80. The second kappa shape index (κ2) is 4.04. The molecule has 1 aliphatic heterocycles. The van der Waals surface area contributed by atoms with E-state index in [1.54, 1.807) is 0 Å². The molecule has 0 unspecified atom stereocenters. The molecule has 2 N–H and O–H groups in total. The van der Waals surface area contributed by atoms with Crippen molar-refractivity contribution in [3.63, 3.8) is 0 Å². The van der Waals surface area contributed by atoms with Crippen LogP contribution < -0.4 is 5.73 Å². The van der Waals surface area contributed by atoms with E-state index in [2.05, 4.69) is 27.7 Å². The molecule has 4 heteroatoms. The standard InChI is InChI=1S/C13H20BNO2/c1-12(2)13(3,4)17-14(16-12)9-10-6-5-7-11(15)8-10/h5-8H,9,15H2,1-4H3. The number of benzene rings is 1. The predicted molar refractivity (Wildman–Crippen MR) is 70.6 cm³/mol. The van der Waals surface area contributed by atoms with E-state index in [-0.39, 0.29) is 18.3 Å². The molecule has 1 saturated heterocycles. The molecule has 17 heavy (non-hydrogen) atoms. The maximum atomic E-state index is 5.94. The minimum absolute atomic E-state index is 0.193. The highest BCUT2D eigenvalue weighted by atomic mass is 16.7. The summed E-state index contributed by atoms with van der Waals surface area (Å²) in [4.78, 5) is 0. The van der Waals surface area contributed by atoms with Crippen LogP contribution in [0.3, 0.4) is 0 Å². The van der Waals surface area contributed by atoms with Crippen LogP contribution in [-0.2, 0) is 15.6 Å². The average Bonchev–Trinajstić information content (AvgIpc) is 2.34. The van der Waals surface area contributed by atoms with Crippen LogP contribution >= 0.6 is 0 Å². The molecule has 0 bridgehead atoms. The molecule has 0 radical (unpaired) electrons. The predicted octanol–water partition coefficient (Wildman–Crippen LogP) is 2.44. The Morgan fingerprint density at radius 3 is 2.24 bits per heavy atom. The van der Waals surface area contributed by atoms with Crippen LogP contribution in [0.4, 0.5) is 5.69 Å². The summed E-state index contributed by atoms with van der Waals surface area (Å²) in [6.07, 6.45) is 0.734. The van der Waals surface area contributed by atoms with Crippen molar-refractivity contribution in [1.29, 1.82) is 0 Å². The van der Waals surface area contributed by atoms with Crippen LogP contribution in [0.5, 0.6) is 0 Å². The van der Waals surface area contributed by atoms with Gasteiger partial charge in [-0.05, 0) is 45.4 Å². The molecule has 1 aromatic carbocycles. The number of anilines is 1. The highest BCUT2D eigenvalue weighted by Crippen LogP contribution is 2.37. The summed E-state index contributed by atoms with van der Waals surface area (Å²) in [7, 11) is -0.193. The highest BCUT2D eigenvalue weighted by molar-refractivity contribution is 6.45. The molecule has 0 saturated carbocycles. The van der Waals surface area contributed by atoms with E-state index in [4.69, 9.17) is 15.0 Å². The van der Waals surface area contributed by atoms with Crippen molar-refractivity contribution in [2.24, 2.45) is 0 Å². The summed E-state index contributed by atoms with van der Waals surface area (Å²) in [5.74, 6) is 0. The van der Waals surface area contributed by atoms with Gasteiger partial charge in [0.15, 0.2) is 0 Å². The molecule has 1 fully saturated rings. The van der Waals surface area contributed by atoms with Gasteiger partial charge in [0.2, 0.25) is 0 Å². The van der Waals surface area contributed by atoms with Crippen LogP contribution in [0.25, 0.3) is 0 Å². The molecule has 0 atom stereocenters.